The maximum atomic E-state index is 12.5. The number of likely N-dealkylation sites (N-methyl/N-ethyl adjacent to an activating group) is 1. The molecular weight excluding hydrogens is 376 g/mol. The molecule has 3 rings (SSSR count). The SMILES string of the molecule is CCN(Cc1ccc2c(c1)OCO2)C(=O)COc1ccc([N+](=O)[O-])cc1Cl. The second-order valence-corrected chi connectivity index (χ2v) is 6.16. The Morgan fingerprint density at radius 2 is 2.04 bits per heavy atom. The molecule has 0 N–H and O–H groups in total. The molecule has 0 bridgehead atoms. The van der Waals surface area contributed by atoms with E-state index in [1.807, 2.05) is 25.1 Å². The van der Waals surface area contributed by atoms with Gasteiger partial charge in [0, 0.05) is 25.2 Å². The molecular formula is C18H17ClN2O6. The molecule has 1 heterocycles. The number of hydrogen-bond acceptors (Lipinski definition) is 6. The number of hydrogen-bond donors (Lipinski definition) is 0. The Hall–Kier alpha value is -3.00. The quantitative estimate of drug-likeness (QED) is 0.529. The number of ether oxygens (including phenoxy) is 3. The number of halogens is 1. The highest BCUT2D eigenvalue weighted by atomic mass is 35.5. The summed E-state index contributed by atoms with van der Waals surface area (Å²) in [5.41, 5.74) is 0.763. The molecule has 1 amide bonds. The van der Waals surface area contributed by atoms with Gasteiger partial charge in [-0.15, -0.1) is 0 Å². The third-order valence-electron chi connectivity index (χ3n) is 4.02. The predicted octanol–water partition coefficient (Wildman–Crippen LogP) is 3.40. The van der Waals surface area contributed by atoms with Crippen LogP contribution in [0.1, 0.15) is 12.5 Å². The number of carbonyl (C=O) groups is 1. The average Bonchev–Trinajstić information content (AvgIpc) is 3.12. The summed E-state index contributed by atoms with van der Waals surface area (Å²) in [7, 11) is 0. The molecule has 9 heteroatoms. The minimum absolute atomic E-state index is 0.0795. The fourth-order valence-corrected chi connectivity index (χ4v) is 2.82. The summed E-state index contributed by atoms with van der Waals surface area (Å²) >= 11 is 5.97. The summed E-state index contributed by atoms with van der Waals surface area (Å²) in [6, 6.07) is 9.36. The van der Waals surface area contributed by atoms with Gasteiger partial charge >= 0.3 is 0 Å². The first-order chi connectivity index (χ1) is 13.0. The van der Waals surface area contributed by atoms with Crippen molar-refractivity contribution in [3.63, 3.8) is 0 Å². The van der Waals surface area contributed by atoms with Crippen LogP contribution >= 0.6 is 11.6 Å². The highest BCUT2D eigenvalue weighted by Crippen LogP contribution is 2.33. The van der Waals surface area contributed by atoms with E-state index in [9.17, 15) is 14.9 Å². The van der Waals surface area contributed by atoms with Crippen molar-refractivity contribution in [2.45, 2.75) is 13.5 Å². The smallest absolute Gasteiger partial charge is 0.271 e. The molecule has 0 radical (unpaired) electrons. The Kier molecular flexibility index (Phi) is 5.66. The van der Waals surface area contributed by atoms with Gasteiger partial charge in [0.1, 0.15) is 5.75 Å². The largest absolute Gasteiger partial charge is 0.482 e. The van der Waals surface area contributed by atoms with E-state index in [4.69, 9.17) is 25.8 Å². The van der Waals surface area contributed by atoms with Crippen LogP contribution in [0.3, 0.4) is 0 Å². The van der Waals surface area contributed by atoms with Gasteiger partial charge in [0.2, 0.25) is 6.79 Å². The second-order valence-electron chi connectivity index (χ2n) is 5.76. The molecule has 1 aliphatic rings. The lowest BCUT2D eigenvalue weighted by atomic mass is 10.2. The van der Waals surface area contributed by atoms with E-state index < -0.39 is 4.92 Å². The van der Waals surface area contributed by atoms with E-state index in [-0.39, 0.29) is 35.8 Å². The van der Waals surface area contributed by atoms with Gasteiger partial charge < -0.3 is 19.1 Å². The van der Waals surface area contributed by atoms with Gasteiger partial charge in [0.05, 0.1) is 9.95 Å². The molecule has 0 atom stereocenters. The number of non-ortho nitro benzene ring substituents is 1. The van der Waals surface area contributed by atoms with Crippen LogP contribution in [0.15, 0.2) is 36.4 Å². The van der Waals surface area contributed by atoms with Crippen LogP contribution < -0.4 is 14.2 Å². The van der Waals surface area contributed by atoms with Crippen LogP contribution in [0.2, 0.25) is 5.02 Å². The van der Waals surface area contributed by atoms with Crippen molar-refractivity contribution in [1.82, 2.24) is 4.90 Å². The fraction of sp³-hybridized carbons (Fsp3) is 0.278. The third kappa shape index (κ3) is 4.40. The van der Waals surface area contributed by atoms with E-state index in [1.165, 1.54) is 18.2 Å². The first-order valence-electron chi connectivity index (χ1n) is 8.21. The van der Waals surface area contributed by atoms with Crippen molar-refractivity contribution in [1.29, 1.82) is 0 Å². The Labute approximate surface area is 160 Å². The van der Waals surface area contributed by atoms with Crippen LogP contribution in [0.25, 0.3) is 0 Å². The maximum absolute atomic E-state index is 12.5. The Balaban J connectivity index is 1.61. The highest BCUT2D eigenvalue weighted by molar-refractivity contribution is 6.32. The number of nitrogens with zero attached hydrogens (tertiary/aromatic N) is 2. The van der Waals surface area contributed by atoms with Gasteiger partial charge in [0.25, 0.3) is 11.6 Å². The van der Waals surface area contributed by atoms with Crippen molar-refractivity contribution < 1.29 is 23.9 Å². The Morgan fingerprint density at radius 3 is 2.74 bits per heavy atom. The molecule has 0 saturated carbocycles. The lowest BCUT2D eigenvalue weighted by Gasteiger charge is -2.21. The maximum Gasteiger partial charge on any atom is 0.271 e. The zero-order valence-corrected chi connectivity index (χ0v) is 15.3. The van der Waals surface area contributed by atoms with Crippen molar-refractivity contribution in [2.75, 3.05) is 19.9 Å². The Morgan fingerprint density at radius 1 is 1.26 bits per heavy atom. The van der Waals surface area contributed by atoms with Gasteiger partial charge in [-0.1, -0.05) is 17.7 Å². The third-order valence-corrected chi connectivity index (χ3v) is 4.32. The number of benzene rings is 2. The van der Waals surface area contributed by atoms with Crippen LogP contribution in [0.5, 0.6) is 17.2 Å². The van der Waals surface area contributed by atoms with Gasteiger partial charge in [0.15, 0.2) is 18.1 Å². The molecule has 27 heavy (non-hydrogen) atoms. The zero-order chi connectivity index (χ0) is 19.4. The molecule has 142 valence electrons. The summed E-state index contributed by atoms with van der Waals surface area (Å²) in [4.78, 5) is 24.3. The van der Waals surface area contributed by atoms with Crippen molar-refractivity contribution in [2.24, 2.45) is 0 Å². The van der Waals surface area contributed by atoms with E-state index in [0.717, 1.165) is 5.56 Å². The first-order valence-corrected chi connectivity index (χ1v) is 8.58. The van der Waals surface area contributed by atoms with E-state index in [0.29, 0.717) is 24.6 Å². The Bertz CT molecular complexity index is 873. The molecule has 0 spiro atoms. The molecule has 0 fully saturated rings. The summed E-state index contributed by atoms with van der Waals surface area (Å²) in [6.45, 7) is 2.71. The van der Waals surface area contributed by atoms with Gasteiger partial charge in [-0.05, 0) is 30.7 Å². The molecule has 8 nitrogen and oxygen atoms in total. The highest BCUT2D eigenvalue weighted by Gasteiger charge is 2.18. The van der Waals surface area contributed by atoms with E-state index in [1.54, 1.807) is 4.90 Å². The summed E-state index contributed by atoms with van der Waals surface area (Å²) < 4.78 is 16.1. The van der Waals surface area contributed by atoms with Gasteiger partial charge in [-0.3, -0.25) is 14.9 Å². The number of rotatable bonds is 7. The van der Waals surface area contributed by atoms with Crippen LogP contribution in [-0.4, -0.2) is 35.7 Å². The number of carbonyl (C=O) groups excluding carboxylic acids is 1. The standard InChI is InChI=1S/C18H17ClN2O6/c1-2-20(9-12-3-5-16-17(7-12)27-11-26-16)18(22)10-25-15-6-4-13(21(23)24)8-14(15)19/h3-8H,2,9-11H2,1H3. The van der Waals surface area contributed by atoms with Crippen LogP contribution in [-0.2, 0) is 11.3 Å². The van der Waals surface area contributed by atoms with E-state index in [2.05, 4.69) is 0 Å². The monoisotopic (exact) mass is 392 g/mol. The molecule has 1 aliphatic heterocycles. The molecule has 0 aliphatic carbocycles. The zero-order valence-electron chi connectivity index (χ0n) is 14.5. The lowest BCUT2D eigenvalue weighted by molar-refractivity contribution is -0.384. The number of nitro groups is 1. The summed E-state index contributed by atoms with van der Waals surface area (Å²) in [5, 5.41) is 10.8. The van der Waals surface area contributed by atoms with Crippen LogP contribution in [0.4, 0.5) is 5.69 Å². The second kappa shape index (κ2) is 8.13. The summed E-state index contributed by atoms with van der Waals surface area (Å²) in [6.07, 6.45) is 0. The average molecular weight is 393 g/mol. The minimum atomic E-state index is -0.551. The fourth-order valence-electron chi connectivity index (χ4n) is 2.59. The molecule has 0 aromatic heterocycles. The molecule has 2 aromatic carbocycles. The molecule has 0 unspecified atom stereocenters. The summed E-state index contributed by atoms with van der Waals surface area (Å²) in [5.74, 6) is 1.33. The molecule has 2 aromatic rings. The minimum Gasteiger partial charge on any atom is -0.482 e. The number of nitro benzene ring substituents is 1. The first kappa shape index (κ1) is 18.8. The normalized spacial score (nSPS) is 11.9. The van der Waals surface area contributed by atoms with Crippen molar-refractivity contribution in [3.8, 4) is 17.2 Å². The van der Waals surface area contributed by atoms with E-state index >= 15 is 0 Å². The lowest BCUT2D eigenvalue weighted by Crippen LogP contribution is -2.34. The van der Waals surface area contributed by atoms with Crippen molar-refractivity contribution in [3.05, 3.63) is 57.1 Å². The number of amides is 1. The van der Waals surface area contributed by atoms with Crippen molar-refractivity contribution >= 4 is 23.2 Å². The predicted molar refractivity (Wildman–Crippen MR) is 97.3 cm³/mol. The van der Waals surface area contributed by atoms with Gasteiger partial charge in [-0.2, -0.15) is 0 Å². The number of fused-ring (bicyclic) bond motifs is 1. The van der Waals surface area contributed by atoms with Crippen LogP contribution in [0, 0.1) is 10.1 Å². The van der Waals surface area contributed by atoms with Gasteiger partial charge in [-0.25, -0.2) is 0 Å². The topological polar surface area (TPSA) is 91.1 Å². The molecule has 0 saturated heterocycles.